The van der Waals surface area contributed by atoms with Crippen molar-refractivity contribution in [3.8, 4) is 0 Å². The summed E-state index contributed by atoms with van der Waals surface area (Å²) in [6, 6.07) is 0. The monoisotopic (exact) mass is 180 g/mol. The molecule has 0 aromatic carbocycles. The van der Waals surface area contributed by atoms with Crippen molar-refractivity contribution in [1.29, 1.82) is 0 Å². The first-order chi connectivity index (χ1) is 5.57. The van der Waals surface area contributed by atoms with E-state index in [0.29, 0.717) is 0 Å². The minimum absolute atomic E-state index is 0.526. The van der Waals surface area contributed by atoms with Gasteiger partial charge in [0.15, 0.2) is 6.29 Å². The van der Waals surface area contributed by atoms with Crippen LogP contribution in [-0.4, -0.2) is 62.8 Å². The van der Waals surface area contributed by atoms with Crippen LogP contribution in [0.4, 0.5) is 0 Å². The van der Waals surface area contributed by atoms with E-state index < -0.39 is 37.3 Å². The normalized spacial score (nSPS) is 49.2. The van der Waals surface area contributed by atoms with Crippen LogP contribution in [0.1, 0.15) is 0 Å². The van der Waals surface area contributed by atoms with Crippen LogP contribution >= 0.6 is 0 Å². The Kier molecular flexibility index (Phi) is 2.99. The summed E-state index contributed by atoms with van der Waals surface area (Å²) in [5.41, 5.74) is 0. The molecule has 72 valence electrons. The van der Waals surface area contributed by atoms with E-state index in [9.17, 15) is 0 Å². The van der Waals surface area contributed by atoms with Gasteiger partial charge in [-0.1, -0.05) is 0 Å². The first-order valence-corrected chi connectivity index (χ1v) is 3.56. The van der Waals surface area contributed by atoms with E-state index >= 15 is 0 Å². The predicted octanol–water partition coefficient (Wildman–Crippen LogP) is -3.22. The first kappa shape index (κ1) is 9.85. The second kappa shape index (κ2) is 3.65. The van der Waals surface area contributed by atoms with E-state index in [1.165, 1.54) is 0 Å². The maximum Gasteiger partial charge on any atom is 0.184 e. The van der Waals surface area contributed by atoms with Crippen molar-refractivity contribution in [2.24, 2.45) is 0 Å². The molecular weight excluding hydrogens is 168 g/mol. The van der Waals surface area contributed by atoms with Gasteiger partial charge in [0, 0.05) is 0 Å². The lowest BCUT2D eigenvalue weighted by Gasteiger charge is -2.37. The van der Waals surface area contributed by atoms with Crippen LogP contribution in [0.15, 0.2) is 0 Å². The van der Waals surface area contributed by atoms with Gasteiger partial charge in [0.05, 0.1) is 6.61 Å². The molecule has 0 saturated carbocycles. The summed E-state index contributed by atoms with van der Waals surface area (Å²) < 4.78 is 4.58. The molecule has 1 unspecified atom stereocenters. The third-order valence-electron chi connectivity index (χ3n) is 1.87. The molecule has 6 nitrogen and oxygen atoms in total. The number of rotatable bonds is 1. The van der Waals surface area contributed by atoms with Crippen LogP contribution < -0.4 is 0 Å². The molecule has 1 aliphatic heterocycles. The number of hydrogen-bond acceptors (Lipinski definition) is 6. The highest BCUT2D eigenvalue weighted by Gasteiger charge is 2.42. The standard InChI is InChI=1S/C6H12O6/c7-1-2-3(8)4(9)5(10)6(11)12-2/h2-11H,1H2/t2-,3?,4-,5+,6-/m1/s1. The van der Waals surface area contributed by atoms with Gasteiger partial charge in [-0.25, -0.2) is 0 Å². The zero-order valence-corrected chi connectivity index (χ0v) is 6.24. The minimum Gasteiger partial charge on any atom is -0.394 e. The molecule has 0 bridgehead atoms. The van der Waals surface area contributed by atoms with Gasteiger partial charge in [-0.2, -0.15) is 0 Å². The zero-order chi connectivity index (χ0) is 9.30. The quantitative estimate of drug-likeness (QED) is 0.290. The number of ether oxygens (including phenoxy) is 1. The third kappa shape index (κ3) is 1.58. The summed E-state index contributed by atoms with van der Waals surface area (Å²) in [5.74, 6) is 0. The average Bonchev–Trinajstić information content (AvgIpc) is 2.08. The largest absolute Gasteiger partial charge is 0.394 e. The number of aliphatic hydroxyl groups is 5. The molecule has 5 N–H and O–H groups in total. The number of hydrogen-bond donors (Lipinski definition) is 5. The van der Waals surface area contributed by atoms with E-state index in [1.807, 2.05) is 0 Å². The third-order valence-corrected chi connectivity index (χ3v) is 1.87. The molecule has 0 amide bonds. The molecule has 1 aliphatic rings. The highest BCUT2D eigenvalue weighted by Crippen LogP contribution is 2.18. The fraction of sp³-hybridized carbons (Fsp3) is 1.00. The Balaban J connectivity index is 2.63. The SMILES string of the molecule is OC[C@H]1O[C@@H](O)[C@@H](O)[C@H](O)C1O. The number of aliphatic hydroxyl groups excluding tert-OH is 5. The Hall–Kier alpha value is -0.240. The minimum atomic E-state index is -1.57. The van der Waals surface area contributed by atoms with Gasteiger partial charge in [-0.15, -0.1) is 0 Å². The van der Waals surface area contributed by atoms with Crippen molar-refractivity contribution in [3.63, 3.8) is 0 Å². The lowest BCUT2D eigenvalue weighted by Crippen LogP contribution is -2.58. The maximum absolute atomic E-state index is 9.12. The van der Waals surface area contributed by atoms with Gasteiger partial charge in [0.1, 0.15) is 24.4 Å². The topological polar surface area (TPSA) is 110 Å². The van der Waals surface area contributed by atoms with Crippen LogP contribution in [-0.2, 0) is 4.74 Å². The molecule has 6 heteroatoms. The summed E-state index contributed by atoms with van der Waals surface area (Å²) in [6.07, 6.45) is -7.04. The van der Waals surface area contributed by atoms with E-state index in [-0.39, 0.29) is 0 Å². The Morgan fingerprint density at radius 1 is 0.917 bits per heavy atom. The molecule has 0 aromatic rings. The van der Waals surface area contributed by atoms with E-state index in [4.69, 9.17) is 25.5 Å². The van der Waals surface area contributed by atoms with E-state index in [2.05, 4.69) is 4.74 Å². The van der Waals surface area contributed by atoms with Crippen LogP contribution in [0, 0.1) is 0 Å². The van der Waals surface area contributed by atoms with Crippen LogP contribution in [0.5, 0.6) is 0 Å². The van der Waals surface area contributed by atoms with Crippen molar-refractivity contribution in [3.05, 3.63) is 0 Å². The van der Waals surface area contributed by atoms with E-state index in [1.54, 1.807) is 0 Å². The molecule has 1 saturated heterocycles. The molecule has 0 spiro atoms. The molecule has 0 radical (unpaired) electrons. The summed E-state index contributed by atoms with van der Waals surface area (Å²) in [5, 5.41) is 44.7. The second-order valence-corrected chi connectivity index (χ2v) is 2.72. The highest BCUT2D eigenvalue weighted by molar-refractivity contribution is 4.87. The molecule has 5 atom stereocenters. The molecule has 1 fully saturated rings. The Labute approximate surface area is 68.6 Å². The van der Waals surface area contributed by atoms with Crippen molar-refractivity contribution >= 4 is 0 Å². The molecular formula is C6H12O6. The summed E-state index contributed by atoms with van der Waals surface area (Å²) in [4.78, 5) is 0. The van der Waals surface area contributed by atoms with Crippen molar-refractivity contribution in [2.75, 3.05) is 6.61 Å². The smallest absolute Gasteiger partial charge is 0.184 e. The average molecular weight is 180 g/mol. The van der Waals surface area contributed by atoms with Gasteiger partial charge >= 0.3 is 0 Å². The van der Waals surface area contributed by atoms with Gasteiger partial charge in [-0.05, 0) is 0 Å². The van der Waals surface area contributed by atoms with Gasteiger partial charge in [0.25, 0.3) is 0 Å². The fourth-order valence-electron chi connectivity index (χ4n) is 1.08. The first-order valence-electron chi connectivity index (χ1n) is 3.56. The van der Waals surface area contributed by atoms with Crippen molar-refractivity contribution in [2.45, 2.75) is 30.7 Å². The second-order valence-electron chi connectivity index (χ2n) is 2.72. The van der Waals surface area contributed by atoms with Gasteiger partial charge < -0.3 is 30.3 Å². The predicted molar refractivity (Wildman–Crippen MR) is 36.0 cm³/mol. The van der Waals surface area contributed by atoms with Crippen molar-refractivity contribution in [1.82, 2.24) is 0 Å². The lowest BCUT2D eigenvalue weighted by molar-refractivity contribution is -0.286. The molecule has 12 heavy (non-hydrogen) atoms. The van der Waals surface area contributed by atoms with Gasteiger partial charge in [-0.3, -0.25) is 0 Å². The summed E-state index contributed by atoms with van der Waals surface area (Å²) in [6.45, 7) is -0.526. The molecule has 1 heterocycles. The summed E-state index contributed by atoms with van der Waals surface area (Å²) in [7, 11) is 0. The fourth-order valence-corrected chi connectivity index (χ4v) is 1.08. The maximum atomic E-state index is 9.12. The molecule has 0 aromatic heterocycles. The highest BCUT2D eigenvalue weighted by atomic mass is 16.6. The lowest BCUT2D eigenvalue weighted by atomic mass is 10.00. The Bertz CT molecular complexity index is 146. The summed E-state index contributed by atoms with van der Waals surface area (Å²) >= 11 is 0. The zero-order valence-electron chi connectivity index (χ0n) is 6.24. The van der Waals surface area contributed by atoms with Gasteiger partial charge in [0.2, 0.25) is 0 Å². The Morgan fingerprint density at radius 3 is 2.00 bits per heavy atom. The molecule has 0 aliphatic carbocycles. The van der Waals surface area contributed by atoms with E-state index in [0.717, 1.165) is 0 Å². The van der Waals surface area contributed by atoms with Crippen LogP contribution in [0.25, 0.3) is 0 Å². The van der Waals surface area contributed by atoms with Crippen molar-refractivity contribution < 1.29 is 30.3 Å². The van der Waals surface area contributed by atoms with Crippen LogP contribution in [0.2, 0.25) is 0 Å². The molecule has 1 rings (SSSR count). The van der Waals surface area contributed by atoms with Crippen LogP contribution in [0.3, 0.4) is 0 Å². The Morgan fingerprint density at radius 2 is 1.50 bits per heavy atom.